The Balaban J connectivity index is 1.79. The molecule has 0 saturated heterocycles. The molecule has 1 aliphatic rings. The van der Waals surface area contributed by atoms with Crippen LogP contribution >= 0.6 is 0 Å². The maximum absolute atomic E-state index is 4.51. The molecule has 3 heteroatoms. The maximum Gasteiger partial charge on any atom is 0.222 e. The van der Waals surface area contributed by atoms with Gasteiger partial charge < -0.3 is 5.32 Å². The van der Waals surface area contributed by atoms with Gasteiger partial charge in [-0.3, -0.25) is 0 Å². The first-order valence-corrected chi connectivity index (χ1v) is 7.07. The van der Waals surface area contributed by atoms with Gasteiger partial charge in [0, 0.05) is 18.8 Å². The van der Waals surface area contributed by atoms with Crippen molar-refractivity contribution in [2.75, 3.05) is 12.4 Å². The summed E-state index contributed by atoms with van der Waals surface area (Å²) in [4.78, 5) is 8.68. The van der Waals surface area contributed by atoms with Crippen molar-refractivity contribution in [2.45, 2.75) is 6.42 Å². The fraction of sp³-hybridized carbons (Fsp3) is 0.111. The van der Waals surface area contributed by atoms with Crippen LogP contribution in [0.25, 0.3) is 22.4 Å². The third-order valence-corrected chi connectivity index (χ3v) is 3.97. The van der Waals surface area contributed by atoms with Crippen LogP contribution < -0.4 is 5.32 Å². The van der Waals surface area contributed by atoms with Gasteiger partial charge in [0.15, 0.2) is 0 Å². The zero-order valence-electron chi connectivity index (χ0n) is 11.8. The van der Waals surface area contributed by atoms with Crippen molar-refractivity contribution in [3.05, 3.63) is 65.9 Å². The second kappa shape index (κ2) is 4.70. The normalized spacial score (nSPS) is 11.9. The van der Waals surface area contributed by atoms with Crippen molar-refractivity contribution in [2.24, 2.45) is 0 Å². The second-order valence-corrected chi connectivity index (χ2v) is 5.22. The van der Waals surface area contributed by atoms with Crippen molar-refractivity contribution < 1.29 is 0 Å². The molecule has 0 bridgehead atoms. The van der Waals surface area contributed by atoms with Crippen LogP contribution in [-0.2, 0) is 6.42 Å². The Kier molecular flexibility index (Phi) is 2.71. The number of nitrogens with one attached hydrogen (secondary N) is 1. The molecule has 0 saturated carbocycles. The molecule has 4 rings (SSSR count). The van der Waals surface area contributed by atoms with Gasteiger partial charge in [0.1, 0.15) is 0 Å². The molecular weight excluding hydrogens is 258 g/mol. The molecule has 21 heavy (non-hydrogen) atoms. The van der Waals surface area contributed by atoms with Crippen molar-refractivity contribution in [3.63, 3.8) is 0 Å². The summed E-state index contributed by atoms with van der Waals surface area (Å²) in [6.45, 7) is 0. The molecule has 3 nitrogen and oxygen atoms in total. The predicted octanol–water partition coefficient (Wildman–Crippen LogP) is 3.76. The van der Waals surface area contributed by atoms with Gasteiger partial charge in [0.25, 0.3) is 0 Å². The Morgan fingerprint density at radius 1 is 0.952 bits per heavy atom. The van der Waals surface area contributed by atoms with E-state index in [0.29, 0.717) is 5.95 Å². The predicted molar refractivity (Wildman–Crippen MR) is 85.3 cm³/mol. The van der Waals surface area contributed by atoms with E-state index in [1.165, 1.54) is 22.3 Å². The first-order valence-electron chi connectivity index (χ1n) is 7.07. The monoisotopic (exact) mass is 273 g/mol. The van der Waals surface area contributed by atoms with E-state index in [9.17, 15) is 0 Å². The SMILES string of the molecule is CNc1nccc(-c2ccc3c(c2)Cc2ccccc2-3)n1. The van der Waals surface area contributed by atoms with Crippen LogP contribution in [0, 0.1) is 0 Å². The van der Waals surface area contributed by atoms with Crippen LogP contribution in [0.1, 0.15) is 11.1 Å². The number of benzene rings is 2. The fourth-order valence-electron chi connectivity index (χ4n) is 2.94. The summed E-state index contributed by atoms with van der Waals surface area (Å²) in [5, 5.41) is 2.98. The molecule has 2 aromatic carbocycles. The van der Waals surface area contributed by atoms with Gasteiger partial charge in [-0.25, -0.2) is 9.97 Å². The topological polar surface area (TPSA) is 37.8 Å². The van der Waals surface area contributed by atoms with Crippen LogP contribution in [0.15, 0.2) is 54.7 Å². The van der Waals surface area contributed by atoms with E-state index >= 15 is 0 Å². The van der Waals surface area contributed by atoms with E-state index in [-0.39, 0.29) is 0 Å². The van der Waals surface area contributed by atoms with Gasteiger partial charge in [0.2, 0.25) is 5.95 Å². The zero-order valence-corrected chi connectivity index (χ0v) is 11.8. The lowest BCUT2D eigenvalue weighted by atomic mass is 10.0. The lowest BCUT2D eigenvalue weighted by molar-refractivity contribution is 1.15. The standard InChI is InChI=1S/C18H15N3/c1-19-18-20-9-8-17(21-18)13-6-7-16-14(11-13)10-12-4-2-3-5-15(12)16/h2-9,11H,10H2,1H3,(H,19,20,21). The van der Waals surface area contributed by atoms with Gasteiger partial charge in [-0.15, -0.1) is 0 Å². The largest absolute Gasteiger partial charge is 0.357 e. The maximum atomic E-state index is 4.51. The van der Waals surface area contributed by atoms with E-state index in [2.05, 4.69) is 57.7 Å². The molecule has 0 radical (unpaired) electrons. The Hall–Kier alpha value is -2.68. The highest BCUT2D eigenvalue weighted by molar-refractivity contribution is 5.79. The minimum absolute atomic E-state index is 0.649. The Morgan fingerprint density at radius 2 is 1.81 bits per heavy atom. The molecule has 1 aliphatic carbocycles. The Morgan fingerprint density at radius 3 is 2.71 bits per heavy atom. The number of hydrogen-bond donors (Lipinski definition) is 1. The minimum Gasteiger partial charge on any atom is -0.357 e. The number of fused-ring (bicyclic) bond motifs is 3. The quantitative estimate of drug-likeness (QED) is 0.604. The Bertz CT molecular complexity index is 824. The summed E-state index contributed by atoms with van der Waals surface area (Å²) in [6.07, 6.45) is 2.79. The van der Waals surface area contributed by atoms with Crippen LogP contribution in [0.3, 0.4) is 0 Å². The van der Waals surface area contributed by atoms with Gasteiger partial charge in [-0.05, 0) is 40.8 Å². The lowest BCUT2D eigenvalue weighted by Gasteiger charge is -2.06. The highest BCUT2D eigenvalue weighted by atomic mass is 15.1. The van der Waals surface area contributed by atoms with Crippen molar-refractivity contribution in [1.82, 2.24) is 9.97 Å². The van der Waals surface area contributed by atoms with Gasteiger partial charge in [-0.1, -0.05) is 36.4 Å². The highest BCUT2D eigenvalue weighted by Gasteiger charge is 2.18. The number of rotatable bonds is 2. The molecule has 1 aromatic heterocycles. The second-order valence-electron chi connectivity index (χ2n) is 5.22. The summed E-state index contributed by atoms with van der Waals surface area (Å²) < 4.78 is 0. The molecule has 1 heterocycles. The summed E-state index contributed by atoms with van der Waals surface area (Å²) in [6, 6.07) is 17.2. The molecule has 0 aliphatic heterocycles. The zero-order chi connectivity index (χ0) is 14.2. The smallest absolute Gasteiger partial charge is 0.222 e. The molecule has 0 fully saturated rings. The average molecular weight is 273 g/mol. The summed E-state index contributed by atoms with van der Waals surface area (Å²) in [7, 11) is 1.83. The van der Waals surface area contributed by atoms with E-state index in [1.54, 1.807) is 6.20 Å². The molecule has 0 amide bonds. The molecule has 0 atom stereocenters. The highest BCUT2D eigenvalue weighted by Crippen LogP contribution is 2.38. The molecule has 102 valence electrons. The van der Waals surface area contributed by atoms with E-state index in [4.69, 9.17) is 0 Å². The van der Waals surface area contributed by atoms with Gasteiger partial charge >= 0.3 is 0 Å². The number of anilines is 1. The van der Waals surface area contributed by atoms with Crippen molar-refractivity contribution in [3.8, 4) is 22.4 Å². The Labute approximate surface area is 123 Å². The van der Waals surface area contributed by atoms with Crippen LogP contribution in [0.4, 0.5) is 5.95 Å². The van der Waals surface area contributed by atoms with E-state index < -0.39 is 0 Å². The van der Waals surface area contributed by atoms with E-state index in [0.717, 1.165) is 17.7 Å². The van der Waals surface area contributed by atoms with Gasteiger partial charge in [0.05, 0.1) is 5.69 Å². The molecule has 3 aromatic rings. The average Bonchev–Trinajstić information content (AvgIpc) is 2.92. The van der Waals surface area contributed by atoms with Crippen LogP contribution in [0.2, 0.25) is 0 Å². The van der Waals surface area contributed by atoms with E-state index in [1.807, 2.05) is 13.1 Å². The van der Waals surface area contributed by atoms with Crippen LogP contribution in [0.5, 0.6) is 0 Å². The molecule has 1 N–H and O–H groups in total. The number of hydrogen-bond acceptors (Lipinski definition) is 3. The first kappa shape index (κ1) is 12.1. The van der Waals surface area contributed by atoms with Gasteiger partial charge in [-0.2, -0.15) is 0 Å². The summed E-state index contributed by atoms with van der Waals surface area (Å²) in [5.74, 6) is 0.649. The minimum atomic E-state index is 0.649. The number of aromatic nitrogens is 2. The summed E-state index contributed by atoms with van der Waals surface area (Å²) in [5.41, 5.74) is 7.57. The fourth-order valence-corrected chi connectivity index (χ4v) is 2.94. The third-order valence-electron chi connectivity index (χ3n) is 3.97. The van der Waals surface area contributed by atoms with Crippen LogP contribution in [-0.4, -0.2) is 17.0 Å². The molecule has 0 spiro atoms. The first-order chi connectivity index (χ1) is 10.3. The third kappa shape index (κ3) is 1.98. The molecule has 0 unspecified atom stereocenters. The van der Waals surface area contributed by atoms with Crippen molar-refractivity contribution >= 4 is 5.95 Å². The lowest BCUT2D eigenvalue weighted by Crippen LogP contribution is -1.96. The number of nitrogens with zero attached hydrogens (tertiary/aromatic N) is 2. The van der Waals surface area contributed by atoms with Crippen molar-refractivity contribution in [1.29, 1.82) is 0 Å². The molecular formula is C18H15N3. The summed E-state index contributed by atoms with van der Waals surface area (Å²) >= 11 is 0.